The van der Waals surface area contributed by atoms with Gasteiger partial charge < -0.3 is 4.65 Å². The maximum Gasteiger partial charge on any atom is 0.330 e. The van der Waals surface area contributed by atoms with Gasteiger partial charge >= 0.3 is 6.92 Å². The maximum atomic E-state index is 6.73. The minimum atomic E-state index is -0.148. The zero-order valence-corrected chi connectivity index (χ0v) is 27.4. The Kier molecular flexibility index (Phi) is 7.18. The Morgan fingerprint density at radius 2 is 0.851 bits per heavy atom. The Labute approximate surface area is 278 Å². The van der Waals surface area contributed by atoms with Crippen molar-refractivity contribution in [2.75, 3.05) is 0 Å². The van der Waals surface area contributed by atoms with Crippen LogP contribution in [0, 0.1) is 11.3 Å². The molecule has 230 valence electrons. The van der Waals surface area contributed by atoms with E-state index in [0.717, 1.165) is 33.7 Å². The van der Waals surface area contributed by atoms with E-state index in [9.17, 15) is 0 Å². The number of nitrogens with zero attached hydrogens (tertiary/aromatic N) is 3. The quantitative estimate of drug-likeness (QED) is 0.176. The minimum Gasteiger partial charge on any atom is -0.425 e. The molecule has 0 bridgehead atoms. The molecule has 1 aromatic heterocycles. The third kappa shape index (κ3) is 5.49. The van der Waals surface area contributed by atoms with Gasteiger partial charge in [-0.05, 0) is 58.7 Å². The van der Waals surface area contributed by atoms with Crippen molar-refractivity contribution in [1.82, 2.24) is 15.0 Å². The van der Waals surface area contributed by atoms with E-state index in [-0.39, 0.29) is 17.9 Å². The first kappa shape index (κ1) is 29.5. The zero-order valence-electron chi connectivity index (χ0n) is 27.4. The van der Waals surface area contributed by atoms with Crippen molar-refractivity contribution in [1.29, 1.82) is 0 Å². The number of hydrogen-bond acceptors (Lipinski definition) is 4. The molecule has 4 nitrogen and oxygen atoms in total. The molecule has 8 rings (SSSR count). The number of hydrogen-bond donors (Lipinski definition) is 0. The van der Waals surface area contributed by atoms with E-state index in [0.29, 0.717) is 23.3 Å². The lowest BCUT2D eigenvalue weighted by atomic mass is 9.50. The summed E-state index contributed by atoms with van der Waals surface area (Å²) in [7, 11) is 0. The normalized spacial score (nSPS) is 19.2. The van der Waals surface area contributed by atoms with Crippen molar-refractivity contribution in [2.24, 2.45) is 11.3 Å². The second-order valence-electron chi connectivity index (χ2n) is 14.1. The fourth-order valence-electron chi connectivity index (χ4n) is 7.17. The van der Waals surface area contributed by atoms with E-state index in [2.05, 4.69) is 125 Å². The van der Waals surface area contributed by atoms with Crippen molar-refractivity contribution >= 4 is 12.4 Å². The van der Waals surface area contributed by atoms with E-state index in [1.54, 1.807) is 0 Å². The summed E-state index contributed by atoms with van der Waals surface area (Å²) in [4.78, 5) is 14.8. The highest BCUT2D eigenvalue weighted by Gasteiger charge is 2.64. The topological polar surface area (TPSA) is 47.9 Å². The first-order chi connectivity index (χ1) is 22.8. The number of fused-ring (bicyclic) bond motifs is 1. The van der Waals surface area contributed by atoms with Crippen LogP contribution in [-0.2, 0) is 4.65 Å². The third-order valence-corrected chi connectivity index (χ3v) is 10.8. The van der Waals surface area contributed by atoms with Crippen LogP contribution in [0.15, 0.2) is 133 Å². The molecule has 1 saturated carbocycles. The molecule has 1 aliphatic heterocycles. The molecule has 2 fully saturated rings. The highest BCUT2D eigenvalue weighted by molar-refractivity contribution is 6.70. The molecule has 0 radical (unpaired) electrons. The second kappa shape index (κ2) is 11.4. The summed E-state index contributed by atoms with van der Waals surface area (Å²) in [5, 5.41) is 0. The first-order valence-corrected chi connectivity index (χ1v) is 16.6. The molecule has 6 aromatic rings. The fraction of sp³-hybridized carbons (Fsp3) is 0.214. The lowest BCUT2D eigenvalue weighted by Crippen LogP contribution is -2.54. The van der Waals surface area contributed by atoms with E-state index in [1.807, 2.05) is 36.4 Å². The number of rotatable bonds is 6. The van der Waals surface area contributed by atoms with Crippen molar-refractivity contribution in [3.63, 3.8) is 0 Å². The molecule has 2 aliphatic rings. The minimum absolute atomic E-state index is 0.148. The summed E-state index contributed by atoms with van der Waals surface area (Å²) in [5.41, 5.74) is 8.88. The van der Waals surface area contributed by atoms with E-state index in [1.165, 1.54) is 23.0 Å². The van der Waals surface area contributed by atoms with Crippen molar-refractivity contribution in [3.8, 4) is 56.4 Å². The van der Waals surface area contributed by atoms with Gasteiger partial charge in [0.2, 0.25) is 0 Å². The first-order valence-electron chi connectivity index (χ1n) is 16.6. The molecule has 1 aliphatic carbocycles. The van der Waals surface area contributed by atoms with E-state index < -0.39 is 0 Å². The van der Waals surface area contributed by atoms with Gasteiger partial charge in [-0.1, -0.05) is 154 Å². The molecule has 2 unspecified atom stereocenters. The molecule has 2 heterocycles. The summed E-state index contributed by atoms with van der Waals surface area (Å²) in [5.74, 6) is 3.32. The summed E-state index contributed by atoms with van der Waals surface area (Å²) >= 11 is 0. The largest absolute Gasteiger partial charge is 0.425 e. The van der Waals surface area contributed by atoms with Crippen LogP contribution in [0.4, 0.5) is 0 Å². The van der Waals surface area contributed by atoms with Crippen LogP contribution in [0.2, 0.25) is 5.82 Å². The molecule has 5 aromatic carbocycles. The van der Waals surface area contributed by atoms with Crippen LogP contribution < -0.4 is 5.46 Å². The van der Waals surface area contributed by atoms with Crippen LogP contribution in [0.25, 0.3) is 56.4 Å². The zero-order chi connectivity index (χ0) is 32.2. The lowest BCUT2D eigenvalue weighted by Gasteiger charge is -2.48. The summed E-state index contributed by atoms with van der Waals surface area (Å²) in [6.45, 7) is 9.41. The van der Waals surface area contributed by atoms with E-state index in [4.69, 9.17) is 19.6 Å². The van der Waals surface area contributed by atoms with Gasteiger partial charge in [-0.15, -0.1) is 0 Å². The Hall–Kier alpha value is -4.87. The Balaban J connectivity index is 1.07. The number of aromatic nitrogens is 3. The molecule has 2 atom stereocenters. The van der Waals surface area contributed by atoms with Crippen LogP contribution in [-0.4, -0.2) is 27.5 Å². The van der Waals surface area contributed by atoms with Gasteiger partial charge in [0.25, 0.3) is 0 Å². The molecule has 47 heavy (non-hydrogen) atoms. The standard InChI is InChI=1S/C42H38BN3O/c1-41(2)36-27-37(36)43(47-42(41,3)4)35-25-23-31(24-26-35)30-17-21-34(22-18-30)40-45-38(32-13-9-6-10-14-32)44-39(46-40)33-19-15-29(16-20-33)28-11-7-5-8-12-28/h5-26,36-37H,27H2,1-4H3. The number of benzene rings is 5. The second-order valence-corrected chi connectivity index (χ2v) is 14.1. The van der Waals surface area contributed by atoms with Crippen LogP contribution in [0.1, 0.15) is 34.1 Å². The van der Waals surface area contributed by atoms with Gasteiger partial charge in [-0.3, -0.25) is 0 Å². The van der Waals surface area contributed by atoms with Gasteiger partial charge in [0.05, 0.1) is 5.60 Å². The predicted molar refractivity (Wildman–Crippen MR) is 193 cm³/mol. The van der Waals surface area contributed by atoms with Gasteiger partial charge in [-0.2, -0.15) is 0 Å². The highest BCUT2D eigenvalue weighted by Crippen LogP contribution is 2.65. The third-order valence-electron chi connectivity index (χ3n) is 10.8. The van der Waals surface area contributed by atoms with E-state index >= 15 is 0 Å². The monoisotopic (exact) mass is 611 g/mol. The smallest absolute Gasteiger partial charge is 0.330 e. The molecule has 0 spiro atoms. The summed E-state index contributed by atoms with van der Waals surface area (Å²) in [6.07, 6.45) is 1.26. The average molecular weight is 612 g/mol. The molecule has 0 amide bonds. The Morgan fingerprint density at radius 1 is 0.489 bits per heavy atom. The maximum absolute atomic E-state index is 6.73. The molecule has 5 heteroatoms. The molecular formula is C42H38BN3O. The van der Waals surface area contributed by atoms with Gasteiger partial charge in [0, 0.05) is 16.7 Å². The molecular weight excluding hydrogens is 573 g/mol. The van der Waals surface area contributed by atoms with Gasteiger partial charge in [-0.25, -0.2) is 15.0 Å². The summed E-state index contributed by atoms with van der Waals surface area (Å²) in [6, 6.07) is 46.4. The SMILES string of the molecule is CC1(C)OB(c2ccc(-c3ccc(-c4nc(-c5ccccc5)nc(-c5ccc(-c6ccccc6)cc5)n4)cc3)cc2)C2CC2C1(C)C. The summed E-state index contributed by atoms with van der Waals surface area (Å²) < 4.78 is 6.73. The van der Waals surface area contributed by atoms with Crippen molar-refractivity contribution in [2.45, 2.75) is 45.5 Å². The van der Waals surface area contributed by atoms with Crippen LogP contribution in [0.3, 0.4) is 0 Å². The van der Waals surface area contributed by atoms with Crippen LogP contribution in [0.5, 0.6) is 0 Å². The van der Waals surface area contributed by atoms with Gasteiger partial charge in [0.1, 0.15) is 0 Å². The average Bonchev–Trinajstić information content (AvgIpc) is 3.93. The fourth-order valence-corrected chi connectivity index (χ4v) is 7.17. The van der Waals surface area contributed by atoms with Gasteiger partial charge in [0.15, 0.2) is 17.5 Å². The van der Waals surface area contributed by atoms with Crippen molar-refractivity contribution in [3.05, 3.63) is 133 Å². The molecule has 0 N–H and O–H groups in total. The Morgan fingerprint density at radius 3 is 1.32 bits per heavy atom. The predicted octanol–water partition coefficient (Wildman–Crippen LogP) is 9.63. The highest BCUT2D eigenvalue weighted by atomic mass is 16.5. The Bertz CT molecular complexity index is 2020. The van der Waals surface area contributed by atoms with Crippen molar-refractivity contribution < 1.29 is 4.65 Å². The van der Waals surface area contributed by atoms with Crippen LogP contribution >= 0.6 is 0 Å². The lowest BCUT2D eigenvalue weighted by molar-refractivity contribution is -0.0399. The molecule has 1 saturated heterocycles.